The molecular weight excluding hydrogens is 340 g/mol. The molecule has 0 unspecified atom stereocenters. The molecule has 0 aromatic carbocycles. The highest BCUT2D eigenvalue weighted by Gasteiger charge is 2.22. The van der Waals surface area contributed by atoms with Gasteiger partial charge in [-0.3, -0.25) is 0 Å². The molecule has 2 heterocycles. The molecule has 0 atom stereocenters. The van der Waals surface area contributed by atoms with Gasteiger partial charge in [-0.1, -0.05) is 5.16 Å². The van der Waals surface area contributed by atoms with Crippen molar-refractivity contribution in [3.63, 3.8) is 0 Å². The topological polar surface area (TPSA) is 106 Å². The average molecular weight is 351 g/mol. The van der Waals surface area contributed by atoms with Crippen molar-refractivity contribution in [2.75, 3.05) is 0 Å². The second-order valence-corrected chi connectivity index (χ2v) is 6.22. The molecule has 0 saturated carbocycles. The molecule has 0 radical (unpaired) electrons. The lowest BCUT2D eigenvalue weighted by Gasteiger charge is -2.02. The van der Waals surface area contributed by atoms with Crippen molar-refractivity contribution in [1.82, 2.24) is 9.88 Å². The maximum absolute atomic E-state index is 12.0. The Morgan fingerprint density at radius 2 is 2.16 bits per heavy atom. The first kappa shape index (κ1) is 14.3. The molecule has 0 amide bonds. The SMILES string of the molecule is Cc1cc(CNS(=O)(=O)c2cc(CO)oc2Br)on1. The van der Waals surface area contributed by atoms with E-state index in [1.54, 1.807) is 13.0 Å². The summed E-state index contributed by atoms with van der Waals surface area (Å²) in [5.74, 6) is 0.561. The van der Waals surface area contributed by atoms with Crippen molar-refractivity contribution in [2.45, 2.75) is 25.0 Å². The Labute approximate surface area is 117 Å². The molecule has 0 saturated heterocycles. The van der Waals surface area contributed by atoms with Gasteiger partial charge in [-0.2, -0.15) is 0 Å². The maximum Gasteiger partial charge on any atom is 0.245 e. The lowest BCUT2D eigenvalue weighted by Crippen LogP contribution is -2.22. The number of rotatable bonds is 5. The van der Waals surface area contributed by atoms with Gasteiger partial charge in [0.05, 0.1) is 12.2 Å². The van der Waals surface area contributed by atoms with E-state index in [-0.39, 0.29) is 28.5 Å². The van der Waals surface area contributed by atoms with Crippen LogP contribution >= 0.6 is 15.9 Å². The van der Waals surface area contributed by atoms with Gasteiger partial charge >= 0.3 is 0 Å². The summed E-state index contributed by atoms with van der Waals surface area (Å²) in [5.41, 5.74) is 0.668. The molecule has 0 fully saturated rings. The van der Waals surface area contributed by atoms with Gasteiger partial charge < -0.3 is 14.0 Å². The number of aliphatic hydroxyl groups excluding tert-OH is 1. The van der Waals surface area contributed by atoms with Crippen LogP contribution in [0.3, 0.4) is 0 Å². The van der Waals surface area contributed by atoms with E-state index in [0.29, 0.717) is 11.5 Å². The zero-order valence-corrected chi connectivity index (χ0v) is 12.3. The lowest BCUT2D eigenvalue weighted by molar-refractivity contribution is 0.245. The molecule has 19 heavy (non-hydrogen) atoms. The van der Waals surface area contributed by atoms with E-state index in [0.717, 1.165) is 0 Å². The highest BCUT2D eigenvalue weighted by atomic mass is 79.9. The Morgan fingerprint density at radius 3 is 2.68 bits per heavy atom. The Morgan fingerprint density at radius 1 is 1.42 bits per heavy atom. The van der Waals surface area contributed by atoms with E-state index < -0.39 is 10.0 Å². The summed E-state index contributed by atoms with van der Waals surface area (Å²) in [5, 5.41) is 12.6. The van der Waals surface area contributed by atoms with Crippen molar-refractivity contribution >= 4 is 26.0 Å². The fourth-order valence-corrected chi connectivity index (χ4v) is 3.39. The third-order valence-corrected chi connectivity index (χ3v) is 4.52. The normalized spacial score (nSPS) is 11.9. The number of aliphatic hydroxyl groups is 1. The van der Waals surface area contributed by atoms with Crippen LogP contribution < -0.4 is 4.72 Å². The molecule has 0 bridgehead atoms. The van der Waals surface area contributed by atoms with Crippen molar-refractivity contribution in [1.29, 1.82) is 0 Å². The highest BCUT2D eigenvalue weighted by molar-refractivity contribution is 9.10. The Balaban J connectivity index is 2.15. The minimum absolute atomic E-state index is 0.0186. The quantitative estimate of drug-likeness (QED) is 0.841. The van der Waals surface area contributed by atoms with Gasteiger partial charge in [-0.25, -0.2) is 13.1 Å². The Bertz CT molecular complexity index is 676. The van der Waals surface area contributed by atoms with Gasteiger partial charge in [0.2, 0.25) is 10.0 Å². The van der Waals surface area contributed by atoms with Crippen LogP contribution in [0.4, 0.5) is 0 Å². The fourth-order valence-electron chi connectivity index (χ4n) is 1.40. The van der Waals surface area contributed by atoms with Crippen LogP contribution in [0.25, 0.3) is 0 Å². The smallest absolute Gasteiger partial charge is 0.245 e. The second-order valence-electron chi connectivity index (χ2n) is 3.77. The molecular formula is C10H11BrN2O5S. The van der Waals surface area contributed by atoms with E-state index in [1.165, 1.54) is 6.07 Å². The first-order chi connectivity index (χ1) is 8.92. The Kier molecular flexibility index (Phi) is 4.09. The van der Waals surface area contributed by atoms with Crippen molar-refractivity contribution < 1.29 is 22.5 Å². The van der Waals surface area contributed by atoms with Gasteiger partial charge in [-0.05, 0) is 22.9 Å². The molecule has 104 valence electrons. The van der Waals surface area contributed by atoms with Crippen LogP contribution in [0.1, 0.15) is 17.2 Å². The summed E-state index contributed by atoms with van der Waals surface area (Å²) in [6.07, 6.45) is 0. The molecule has 2 rings (SSSR count). The predicted octanol–water partition coefficient (Wildman–Crippen LogP) is 1.31. The fraction of sp³-hybridized carbons (Fsp3) is 0.300. The summed E-state index contributed by atoms with van der Waals surface area (Å²) in [6, 6.07) is 2.88. The minimum atomic E-state index is -3.76. The molecule has 2 aromatic heterocycles. The Hall–Kier alpha value is -1.16. The van der Waals surface area contributed by atoms with Crippen LogP contribution in [0.2, 0.25) is 0 Å². The van der Waals surface area contributed by atoms with E-state index in [1.807, 2.05) is 0 Å². The number of hydrogen-bond acceptors (Lipinski definition) is 6. The molecule has 0 aliphatic heterocycles. The summed E-state index contributed by atoms with van der Waals surface area (Å²) in [6.45, 7) is 1.34. The average Bonchev–Trinajstić information content (AvgIpc) is 2.93. The van der Waals surface area contributed by atoms with Crippen LogP contribution in [0, 0.1) is 6.92 Å². The maximum atomic E-state index is 12.0. The number of furan rings is 1. The van der Waals surface area contributed by atoms with Gasteiger partial charge in [0.1, 0.15) is 17.3 Å². The zero-order valence-electron chi connectivity index (χ0n) is 9.88. The summed E-state index contributed by atoms with van der Waals surface area (Å²) in [4.78, 5) is -0.0761. The predicted molar refractivity (Wildman–Crippen MR) is 67.6 cm³/mol. The van der Waals surface area contributed by atoms with Gasteiger partial charge in [0, 0.05) is 12.1 Å². The molecule has 0 aliphatic carbocycles. The summed E-state index contributed by atoms with van der Waals surface area (Å²) < 4.78 is 36.3. The standard InChI is InChI=1S/C10H11BrN2O5S/c1-6-2-7(18-13-6)4-12-19(15,16)9-3-8(5-14)17-10(9)11/h2-3,12,14H,4-5H2,1H3. The van der Waals surface area contributed by atoms with Crippen molar-refractivity contribution in [3.05, 3.63) is 34.0 Å². The molecule has 2 aromatic rings. The number of sulfonamides is 1. The number of nitrogens with zero attached hydrogens (tertiary/aromatic N) is 1. The largest absolute Gasteiger partial charge is 0.450 e. The van der Waals surface area contributed by atoms with Crippen LogP contribution in [-0.4, -0.2) is 18.7 Å². The van der Waals surface area contributed by atoms with E-state index in [4.69, 9.17) is 14.0 Å². The van der Waals surface area contributed by atoms with Gasteiger partial charge in [-0.15, -0.1) is 0 Å². The van der Waals surface area contributed by atoms with Crippen LogP contribution in [0.15, 0.2) is 30.6 Å². The zero-order chi connectivity index (χ0) is 14.0. The molecule has 2 N–H and O–H groups in total. The van der Waals surface area contributed by atoms with Crippen LogP contribution in [-0.2, 0) is 23.2 Å². The van der Waals surface area contributed by atoms with Crippen molar-refractivity contribution in [2.24, 2.45) is 0 Å². The summed E-state index contributed by atoms with van der Waals surface area (Å²) >= 11 is 2.99. The molecule has 7 nitrogen and oxygen atoms in total. The van der Waals surface area contributed by atoms with E-state index >= 15 is 0 Å². The third-order valence-electron chi connectivity index (χ3n) is 2.27. The third kappa shape index (κ3) is 3.24. The minimum Gasteiger partial charge on any atom is -0.450 e. The number of nitrogens with one attached hydrogen (secondary N) is 1. The first-order valence-electron chi connectivity index (χ1n) is 5.23. The van der Waals surface area contributed by atoms with E-state index in [9.17, 15) is 8.42 Å². The number of halogens is 1. The second kappa shape index (κ2) is 5.45. The van der Waals surface area contributed by atoms with E-state index in [2.05, 4.69) is 25.8 Å². The first-order valence-corrected chi connectivity index (χ1v) is 7.51. The lowest BCUT2D eigenvalue weighted by atomic mass is 10.4. The highest BCUT2D eigenvalue weighted by Crippen LogP contribution is 2.26. The number of hydrogen-bond donors (Lipinski definition) is 2. The molecule has 9 heteroatoms. The number of aryl methyl sites for hydroxylation is 1. The van der Waals surface area contributed by atoms with Gasteiger partial charge in [0.15, 0.2) is 10.4 Å². The monoisotopic (exact) mass is 350 g/mol. The van der Waals surface area contributed by atoms with Gasteiger partial charge in [0.25, 0.3) is 0 Å². The number of aromatic nitrogens is 1. The molecule has 0 aliphatic rings. The van der Waals surface area contributed by atoms with Crippen LogP contribution in [0.5, 0.6) is 0 Å². The molecule has 0 spiro atoms. The summed E-state index contributed by atoms with van der Waals surface area (Å²) in [7, 11) is -3.76. The van der Waals surface area contributed by atoms with Crippen molar-refractivity contribution in [3.8, 4) is 0 Å².